The molecule has 106 valence electrons. The van der Waals surface area contributed by atoms with E-state index in [1.165, 1.54) is 15.6 Å². The number of hydrogen-bond acceptors (Lipinski definition) is 1. The summed E-state index contributed by atoms with van der Waals surface area (Å²) < 4.78 is 4.61. The maximum atomic E-state index is 2.32. The molecule has 0 aliphatic carbocycles. The zero-order valence-corrected chi connectivity index (χ0v) is 13.0. The third-order valence-corrected chi connectivity index (χ3v) is 4.57. The van der Waals surface area contributed by atoms with Crippen LogP contribution in [-0.2, 0) is 13.1 Å². The number of imidazole rings is 1. The average Bonchev–Trinajstić information content (AvgIpc) is 2.91. The van der Waals surface area contributed by atoms with Gasteiger partial charge in [0.25, 0.3) is 0 Å². The van der Waals surface area contributed by atoms with Gasteiger partial charge in [-0.05, 0) is 36.4 Å². The van der Waals surface area contributed by atoms with Crippen LogP contribution in [0.15, 0.2) is 83.1 Å². The van der Waals surface area contributed by atoms with E-state index in [1.54, 1.807) is 0 Å². The molecule has 2 nitrogen and oxygen atoms in total. The first-order chi connectivity index (χ1) is 10.4. The quantitative estimate of drug-likeness (QED) is 0.646. The molecule has 3 heteroatoms. The lowest BCUT2D eigenvalue weighted by atomic mass is 10.2. The summed E-state index contributed by atoms with van der Waals surface area (Å²) in [5.74, 6) is 0. The van der Waals surface area contributed by atoms with E-state index in [-0.39, 0.29) is 0 Å². The van der Waals surface area contributed by atoms with Crippen LogP contribution in [0.2, 0.25) is 0 Å². The van der Waals surface area contributed by atoms with Crippen LogP contribution in [0.3, 0.4) is 0 Å². The molecule has 0 amide bonds. The fraction of sp³-hybridized carbons (Fsp3) is 0.167. The number of benzene rings is 2. The van der Waals surface area contributed by atoms with Gasteiger partial charge in [-0.15, -0.1) is 0 Å². The zero-order chi connectivity index (χ0) is 14.5. The Hall–Kier alpha value is -2.00. The molecule has 0 saturated heterocycles. The van der Waals surface area contributed by atoms with Gasteiger partial charge in [0.2, 0.25) is 0 Å². The molecule has 21 heavy (non-hydrogen) atoms. The van der Waals surface area contributed by atoms with Gasteiger partial charge in [-0.2, -0.15) is 0 Å². The van der Waals surface area contributed by atoms with Crippen molar-refractivity contribution in [2.45, 2.75) is 30.1 Å². The van der Waals surface area contributed by atoms with Crippen LogP contribution in [-0.4, -0.2) is 4.57 Å². The number of aromatic nitrogens is 2. The van der Waals surface area contributed by atoms with Gasteiger partial charge in [-0.25, -0.2) is 9.13 Å². The lowest BCUT2D eigenvalue weighted by molar-refractivity contribution is -0.725. The van der Waals surface area contributed by atoms with Gasteiger partial charge in [0.05, 0.1) is 6.54 Å². The maximum absolute atomic E-state index is 2.32. The van der Waals surface area contributed by atoms with Crippen LogP contribution in [0.25, 0.3) is 0 Å². The SMILES string of the molecule is CCn1cc[n+](Cc2ccccc2)c1Sc1ccccc1. The van der Waals surface area contributed by atoms with Gasteiger partial charge in [-0.1, -0.05) is 48.5 Å². The third-order valence-electron chi connectivity index (χ3n) is 3.41. The molecule has 0 aliphatic heterocycles. The summed E-state index contributed by atoms with van der Waals surface area (Å²) in [6.45, 7) is 4.07. The fourth-order valence-corrected chi connectivity index (χ4v) is 3.36. The van der Waals surface area contributed by atoms with Gasteiger partial charge >= 0.3 is 5.16 Å². The number of aryl methyl sites for hydroxylation is 1. The predicted octanol–water partition coefficient (Wildman–Crippen LogP) is 4.00. The summed E-state index contributed by atoms with van der Waals surface area (Å²) in [5, 5.41) is 1.27. The van der Waals surface area contributed by atoms with Crippen molar-refractivity contribution in [2.75, 3.05) is 0 Å². The van der Waals surface area contributed by atoms with Gasteiger partial charge in [0.15, 0.2) is 0 Å². The molecular formula is C18H19N2S+. The second kappa shape index (κ2) is 6.64. The van der Waals surface area contributed by atoms with Crippen LogP contribution in [0.5, 0.6) is 0 Å². The molecule has 1 aromatic heterocycles. The highest BCUT2D eigenvalue weighted by molar-refractivity contribution is 7.99. The molecule has 0 spiro atoms. The van der Waals surface area contributed by atoms with Crippen molar-refractivity contribution in [3.63, 3.8) is 0 Å². The Morgan fingerprint density at radius 3 is 2.29 bits per heavy atom. The molecule has 0 unspecified atom stereocenters. The summed E-state index contributed by atoms with van der Waals surface area (Å²) >= 11 is 1.82. The van der Waals surface area contributed by atoms with Crippen LogP contribution < -0.4 is 4.57 Å². The molecule has 0 bridgehead atoms. The Balaban J connectivity index is 1.89. The first-order valence-electron chi connectivity index (χ1n) is 7.22. The number of rotatable bonds is 5. The summed E-state index contributed by atoms with van der Waals surface area (Å²) in [5.41, 5.74) is 1.33. The monoisotopic (exact) mass is 295 g/mol. The molecule has 0 fully saturated rings. The molecule has 0 saturated carbocycles. The first-order valence-corrected chi connectivity index (χ1v) is 8.04. The van der Waals surface area contributed by atoms with Crippen molar-refractivity contribution in [3.8, 4) is 0 Å². The molecule has 2 aromatic carbocycles. The Morgan fingerprint density at radius 1 is 0.952 bits per heavy atom. The molecule has 0 atom stereocenters. The normalized spacial score (nSPS) is 10.7. The average molecular weight is 295 g/mol. The van der Waals surface area contributed by atoms with Crippen molar-refractivity contribution in [1.29, 1.82) is 0 Å². The van der Waals surface area contributed by atoms with Crippen LogP contribution in [0.4, 0.5) is 0 Å². The van der Waals surface area contributed by atoms with E-state index in [4.69, 9.17) is 0 Å². The zero-order valence-electron chi connectivity index (χ0n) is 12.1. The lowest BCUT2D eigenvalue weighted by Gasteiger charge is -2.04. The van der Waals surface area contributed by atoms with Gasteiger partial charge in [0, 0.05) is 4.90 Å². The van der Waals surface area contributed by atoms with Crippen molar-refractivity contribution in [1.82, 2.24) is 4.57 Å². The largest absolute Gasteiger partial charge is 0.323 e. The Kier molecular flexibility index (Phi) is 4.41. The van der Waals surface area contributed by atoms with E-state index >= 15 is 0 Å². The topological polar surface area (TPSA) is 8.81 Å². The van der Waals surface area contributed by atoms with E-state index in [2.05, 4.69) is 89.1 Å². The third kappa shape index (κ3) is 3.37. The maximum Gasteiger partial charge on any atom is 0.323 e. The highest BCUT2D eigenvalue weighted by Gasteiger charge is 2.17. The minimum atomic E-state index is 0.906. The minimum Gasteiger partial charge on any atom is -0.225 e. The smallest absolute Gasteiger partial charge is 0.225 e. The van der Waals surface area contributed by atoms with E-state index in [0.29, 0.717) is 0 Å². The van der Waals surface area contributed by atoms with Crippen molar-refractivity contribution in [2.24, 2.45) is 0 Å². The summed E-state index contributed by atoms with van der Waals surface area (Å²) in [6.07, 6.45) is 4.33. The highest BCUT2D eigenvalue weighted by atomic mass is 32.2. The first kappa shape index (κ1) is 14.0. The standard InChI is InChI=1S/C18H19N2S/c1-2-19-13-14-20(15-16-9-5-3-6-10-16)18(19)21-17-11-7-4-8-12-17/h3-14H,2,15H2,1H3/q+1. The second-order valence-electron chi connectivity index (χ2n) is 4.90. The van der Waals surface area contributed by atoms with Crippen LogP contribution in [0, 0.1) is 0 Å². The van der Waals surface area contributed by atoms with Crippen molar-refractivity contribution >= 4 is 11.8 Å². The Morgan fingerprint density at radius 2 is 1.62 bits per heavy atom. The fourth-order valence-electron chi connectivity index (χ4n) is 2.31. The van der Waals surface area contributed by atoms with Crippen molar-refractivity contribution < 1.29 is 4.57 Å². The number of nitrogens with zero attached hydrogens (tertiary/aromatic N) is 2. The molecule has 3 rings (SSSR count). The van der Waals surface area contributed by atoms with Gasteiger partial charge in [-0.3, -0.25) is 0 Å². The molecule has 0 aliphatic rings. The lowest BCUT2D eigenvalue weighted by Crippen LogP contribution is -2.35. The Bertz CT molecular complexity index is 690. The number of hydrogen-bond donors (Lipinski definition) is 0. The summed E-state index contributed by atoms with van der Waals surface area (Å²) in [4.78, 5) is 1.27. The summed E-state index contributed by atoms with van der Waals surface area (Å²) in [6, 6.07) is 21.1. The summed E-state index contributed by atoms with van der Waals surface area (Å²) in [7, 11) is 0. The van der Waals surface area contributed by atoms with Crippen molar-refractivity contribution in [3.05, 3.63) is 78.6 Å². The van der Waals surface area contributed by atoms with E-state index in [1.807, 2.05) is 11.8 Å². The van der Waals surface area contributed by atoms with Gasteiger partial charge in [0.1, 0.15) is 18.9 Å². The van der Waals surface area contributed by atoms with E-state index in [9.17, 15) is 0 Å². The van der Waals surface area contributed by atoms with Gasteiger partial charge < -0.3 is 0 Å². The predicted molar refractivity (Wildman–Crippen MR) is 86.4 cm³/mol. The van der Waals surface area contributed by atoms with Crippen LogP contribution >= 0.6 is 11.8 Å². The Labute approximate surface area is 130 Å². The van der Waals surface area contributed by atoms with E-state index in [0.717, 1.165) is 13.1 Å². The molecule has 0 N–H and O–H groups in total. The molecular weight excluding hydrogens is 276 g/mol. The molecule has 0 radical (unpaired) electrons. The van der Waals surface area contributed by atoms with E-state index < -0.39 is 0 Å². The molecule has 1 heterocycles. The highest BCUT2D eigenvalue weighted by Crippen LogP contribution is 2.25. The second-order valence-corrected chi connectivity index (χ2v) is 5.94. The van der Waals surface area contributed by atoms with Crippen LogP contribution in [0.1, 0.15) is 12.5 Å². The molecule has 3 aromatic rings. The minimum absolute atomic E-state index is 0.906.